The van der Waals surface area contributed by atoms with Crippen LogP contribution in [0.25, 0.3) is 0 Å². The molecule has 1 N–H and O–H groups in total. The number of amides is 4. The van der Waals surface area contributed by atoms with Crippen LogP contribution in [0.15, 0.2) is 30.4 Å². The van der Waals surface area contributed by atoms with Crippen LogP contribution in [-0.4, -0.2) is 52.1 Å². The van der Waals surface area contributed by atoms with Crippen molar-refractivity contribution >= 4 is 46.8 Å². The van der Waals surface area contributed by atoms with Gasteiger partial charge in [0.15, 0.2) is 0 Å². The average molecular weight is 520 g/mol. The van der Waals surface area contributed by atoms with Gasteiger partial charge < -0.3 is 10.2 Å². The molecular formula is C26H31Cl2N3O4. The number of allylic oxidation sites excluding steroid dienone is 2. The Balaban J connectivity index is 1.46. The van der Waals surface area contributed by atoms with E-state index in [1.165, 1.54) is 9.80 Å². The molecule has 3 atom stereocenters. The van der Waals surface area contributed by atoms with Gasteiger partial charge in [0.05, 0.1) is 21.9 Å². The van der Waals surface area contributed by atoms with Crippen molar-refractivity contribution in [2.45, 2.75) is 70.5 Å². The molecule has 0 unspecified atom stereocenters. The molecule has 0 spiro atoms. The number of fused-ring (bicyclic) bond motifs is 1. The molecule has 0 radical (unpaired) electrons. The lowest BCUT2D eigenvalue weighted by Gasteiger charge is -2.30. The minimum absolute atomic E-state index is 0.0122. The van der Waals surface area contributed by atoms with Crippen molar-refractivity contribution in [3.05, 3.63) is 46.0 Å². The van der Waals surface area contributed by atoms with Gasteiger partial charge in [0.25, 0.3) is 0 Å². The zero-order valence-corrected chi connectivity index (χ0v) is 21.4. The molecular weight excluding hydrogens is 489 g/mol. The predicted octanol–water partition coefficient (Wildman–Crippen LogP) is 4.11. The van der Waals surface area contributed by atoms with Crippen LogP contribution in [0.4, 0.5) is 0 Å². The van der Waals surface area contributed by atoms with E-state index in [9.17, 15) is 19.2 Å². The van der Waals surface area contributed by atoms with Crippen molar-refractivity contribution in [1.82, 2.24) is 15.1 Å². The molecule has 4 rings (SSSR count). The number of halogens is 2. The van der Waals surface area contributed by atoms with E-state index in [4.69, 9.17) is 23.2 Å². The second-order valence-corrected chi connectivity index (χ2v) is 10.5. The molecule has 1 aliphatic heterocycles. The van der Waals surface area contributed by atoms with Crippen LogP contribution < -0.4 is 5.32 Å². The van der Waals surface area contributed by atoms with Crippen molar-refractivity contribution in [3.63, 3.8) is 0 Å². The molecule has 35 heavy (non-hydrogen) atoms. The zero-order valence-electron chi connectivity index (χ0n) is 19.8. The Morgan fingerprint density at radius 2 is 1.69 bits per heavy atom. The minimum atomic E-state index is -0.727. The lowest BCUT2D eigenvalue weighted by atomic mass is 9.85. The summed E-state index contributed by atoms with van der Waals surface area (Å²) in [4.78, 5) is 54.7. The molecule has 3 aliphatic rings. The molecule has 1 saturated carbocycles. The fourth-order valence-corrected chi connectivity index (χ4v) is 5.57. The second kappa shape index (κ2) is 11.1. The third kappa shape index (κ3) is 5.72. The maximum atomic E-state index is 13.4. The van der Waals surface area contributed by atoms with Crippen LogP contribution in [0.1, 0.15) is 57.4 Å². The monoisotopic (exact) mass is 519 g/mol. The number of imide groups is 1. The van der Waals surface area contributed by atoms with E-state index in [-0.39, 0.29) is 61.0 Å². The highest BCUT2D eigenvalue weighted by molar-refractivity contribution is 6.42. The third-order valence-electron chi connectivity index (χ3n) is 7.35. The Hall–Kier alpha value is -2.38. The summed E-state index contributed by atoms with van der Waals surface area (Å²) in [6, 6.07) is 4.50. The van der Waals surface area contributed by atoms with Crippen LogP contribution >= 0.6 is 23.2 Å². The third-order valence-corrected chi connectivity index (χ3v) is 8.09. The van der Waals surface area contributed by atoms with E-state index < -0.39 is 6.04 Å². The highest BCUT2D eigenvalue weighted by Crippen LogP contribution is 2.35. The smallest absolute Gasteiger partial charge is 0.242 e. The Labute approximate surface area is 215 Å². The van der Waals surface area contributed by atoms with Crippen LogP contribution in [0.2, 0.25) is 10.0 Å². The van der Waals surface area contributed by atoms with Crippen molar-refractivity contribution in [1.29, 1.82) is 0 Å². The van der Waals surface area contributed by atoms with Crippen LogP contribution in [-0.2, 0) is 25.7 Å². The first-order valence-electron chi connectivity index (χ1n) is 12.3. The van der Waals surface area contributed by atoms with Gasteiger partial charge in [0.1, 0.15) is 6.04 Å². The van der Waals surface area contributed by atoms with Gasteiger partial charge >= 0.3 is 0 Å². The maximum Gasteiger partial charge on any atom is 0.242 e. The first kappa shape index (κ1) is 25.7. The maximum absolute atomic E-state index is 13.4. The quantitative estimate of drug-likeness (QED) is 0.413. The number of hydrogen-bond donors (Lipinski definition) is 1. The summed E-state index contributed by atoms with van der Waals surface area (Å²) in [7, 11) is 0. The lowest BCUT2D eigenvalue weighted by molar-refractivity contribution is -0.144. The highest BCUT2D eigenvalue weighted by atomic mass is 35.5. The lowest BCUT2D eigenvalue weighted by Crippen LogP contribution is -2.50. The van der Waals surface area contributed by atoms with E-state index in [2.05, 4.69) is 5.32 Å². The van der Waals surface area contributed by atoms with E-state index in [0.717, 1.165) is 31.2 Å². The number of nitrogens with zero attached hydrogens (tertiary/aromatic N) is 2. The van der Waals surface area contributed by atoms with Gasteiger partial charge in [-0.3, -0.25) is 24.1 Å². The topological polar surface area (TPSA) is 86.8 Å². The van der Waals surface area contributed by atoms with Gasteiger partial charge in [-0.05, 0) is 50.3 Å². The Morgan fingerprint density at radius 1 is 1.06 bits per heavy atom. The van der Waals surface area contributed by atoms with E-state index in [1.54, 1.807) is 25.1 Å². The normalized spacial score (nSPS) is 22.9. The Bertz CT molecular complexity index is 1010. The summed E-state index contributed by atoms with van der Waals surface area (Å²) in [5.41, 5.74) is 0.735. The van der Waals surface area contributed by atoms with Crippen molar-refractivity contribution < 1.29 is 19.2 Å². The van der Waals surface area contributed by atoms with Crippen LogP contribution in [0, 0.1) is 11.8 Å². The number of rotatable bonds is 8. The number of benzene rings is 1. The van der Waals surface area contributed by atoms with Crippen molar-refractivity contribution in [2.24, 2.45) is 11.8 Å². The first-order valence-corrected chi connectivity index (χ1v) is 13.1. The van der Waals surface area contributed by atoms with E-state index >= 15 is 0 Å². The molecule has 1 aromatic carbocycles. The van der Waals surface area contributed by atoms with Gasteiger partial charge in [-0.25, -0.2) is 0 Å². The number of likely N-dealkylation sites (tertiary alicyclic amines) is 1. The molecule has 0 bridgehead atoms. The summed E-state index contributed by atoms with van der Waals surface area (Å²) < 4.78 is 0. The summed E-state index contributed by atoms with van der Waals surface area (Å²) in [5.74, 6) is -1.59. The molecule has 2 aliphatic carbocycles. The van der Waals surface area contributed by atoms with Gasteiger partial charge in [0, 0.05) is 25.6 Å². The molecule has 2 fully saturated rings. The molecule has 4 amide bonds. The molecule has 7 nitrogen and oxygen atoms in total. The van der Waals surface area contributed by atoms with Crippen LogP contribution in [0.5, 0.6) is 0 Å². The molecule has 9 heteroatoms. The summed E-state index contributed by atoms with van der Waals surface area (Å²) in [6.45, 7) is 1.87. The van der Waals surface area contributed by atoms with Gasteiger partial charge in [0.2, 0.25) is 23.6 Å². The molecule has 1 heterocycles. The highest BCUT2D eigenvalue weighted by Gasteiger charge is 2.47. The van der Waals surface area contributed by atoms with Gasteiger partial charge in [-0.2, -0.15) is 0 Å². The molecule has 188 valence electrons. The molecule has 1 aromatic rings. The standard InChI is InChI=1S/C26H31Cl2N3O4/c1-16(24(33)29-18-6-2-3-7-18)31(15-17-10-11-21(27)22(28)14-17)23(32)12-13-30-25(34)19-8-4-5-9-20(19)26(30)35/h4-5,10-11,14,16,18-20H,2-3,6-9,12-13,15H2,1H3,(H,29,33)/t16-,19-,20+/m1/s1. The summed E-state index contributed by atoms with van der Waals surface area (Å²) in [6.07, 6.45) is 8.98. The zero-order chi connectivity index (χ0) is 25.1. The Kier molecular flexibility index (Phi) is 8.17. The predicted molar refractivity (Wildman–Crippen MR) is 134 cm³/mol. The van der Waals surface area contributed by atoms with Crippen molar-refractivity contribution in [2.75, 3.05) is 6.54 Å². The molecule has 1 saturated heterocycles. The van der Waals surface area contributed by atoms with Crippen LogP contribution in [0.3, 0.4) is 0 Å². The number of carbonyl (C=O) groups excluding carboxylic acids is 4. The molecule has 0 aromatic heterocycles. The summed E-state index contributed by atoms with van der Waals surface area (Å²) in [5, 5.41) is 3.83. The second-order valence-electron chi connectivity index (χ2n) is 9.67. The first-order chi connectivity index (χ1) is 16.8. The largest absolute Gasteiger partial charge is 0.352 e. The fourth-order valence-electron chi connectivity index (χ4n) is 5.25. The van der Waals surface area contributed by atoms with E-state index in [1.807, 2.05) is 12.2 Å². The minimum Gasteiger partial charge on any atom is -0.352 e. The number of carbonyl (C=O) groups is 4. The number of hydrogen-bond acceptors (Lipinski definition) is 4. The van der Waals surface area contributed by atoms with Gasteiger partial charge in [-0.1, -0.05) is 54.3 Å². The van der Waals surface area contributed by atoms with Crippen molar-refractivity contribution in [3.8, 4) is 0 Å². The Morgan fingerprint density at radius 3 is 2.29 bits per heavy atom. The SMILES string of the molecule is C[C@H](C(=O)NC1CCCC1)N(Cc1ccc(Cl)c(Cl)c1)C(=O)CCN1C(=O)[C@H]2CC=CC[C@H]2C1=O. The van der Waals surface area contributed by atoms with Gasteiger partial charge in [-0.15, -0.1) is 0 Å². The van der Waals surface area contributed by atoms with E-state index in [0.29, 0.717) is 22.9 Å². The number of nitrogens with one attached hydrogen (secondary N) is 1. The fraction of sp³-hybridized carbons (Fsp3) is 0.538. The average Bonchev–Trinajstić information content (AvgIpc) is 3.44. The summed E-state index contributed by atoms with van der Waals surface area (Å²) >= 11 is 12.2.